The molecule has 2 aromatic rings. The third-order valence-corrected chi connectivity index (χ3v) is 4.77. The van der Waals surface area contributed by atoms with E-state index in [1.165, 1.54) is 11.1 Å². The first-order chi connectivity index (χ1) is 12.5. The molecule has 1 heterocycles. The molecule has 1 amide bonds. The van der Waals surface area contributed by atoms with Gasteiger partial charge in [0.05, 0.1) is 18.8 Å². The molecule has 0 saturated heterocycles. The smallest absolute Gasteiger partial charge is 0.282 e. The summed E-state index contributed by atoms with van der Waals surface area (Å²) in [5.74, 6) is -4.68. The van der Waals surface area contributed by atoms with Gasteiger partial charge in [0.15, 0.2) is 23.5 Å². The zero-order valence-electron chi connectivity index (χ0n) is 14.4. The Morgan fingerprint density at radius 2 is 1.81 bits per heavy atom. The quantitative estimate of drug-likeness (QED) is 0.807. The van der Waals surface area contributed by atoms with Crippen LogP contribution < -0.4 is 10.2 Å². The summed E-state index contributed by atoms with van der Waals surface area (Å²) >= 11 is 0. The van der Waals surface area contributed by atoms with Crippen molar-refractivity contribution in [1.82, 2.24) is 0 Å². The van der Waals surface area contributed by atoms with Crippen molar-refractivity contribution in [2.24, 2.45) is 0 Å². The number of quaternary nitrogens is 1. The lowest BCUT2D eigenvalue weighted by Gasteiger charge is -2.28. The lowest BCUT2D eigenvalue weighted by atomic mass is 9.99. The highest BCUT2D eigenvalue weighted by Crippen LogP contribution is 2.20. The Labute approximate surface area is 150 Å². The molecule has 2 aromatic carbocycles. The van der Waals surface area contributed by atoms with Crippen LogP contribution in [-0.4, -0.2) is 25.0 Å². The number of hydrogen-bond donors (Lipinski definition) is 2. The summed E-state index contributed by atoms with van der Waals surface area (Å²) in [7, 11) is 0. The molecule has 1 aliphatic heterocycles. The maximum absolute atomic E-state index is 13.7. The van der Waals surface area contributed by atoms with Gasteiger partial charge in [0, 0.05) is 6.42 Å². The van der Waals surface area contributed by atoms with Crippen LogP contribution in [-0.2, 0) is 4.79 Å². The molecule has 0 aliphatic carbocycles. The van der Waals surface area contributed by atoms with Crippen LogP contribution in [0.15, 0.2) is 48.5 Å². The third kappa shape index (κ3) is 3.80. The Morgan fingerprint density at radius 1 is 1.08 bits per heavy atom. The molecule has 3 nitrogen and oxygen atoms in total. The fourth-order valence-electron chi connectivity index (χ4n) is 3.11. The van der Waals surface area contributed by atoms with Gasteiger partial charge in [-0.25, -0.2) is 13.2 Å². The molecule has 0 spiro atoms. The Hall–Kier alpha value is -2.60. The first-order valence-corrected chi connectivity index (χ1v) is 8.50. The summed E-state index contributed by atoms with van der Waals surface area (Å²) in [6.45, 7) is 3.17. The molecule has 2 N–H and O–H groups in total. The molecule has 2 atom stereocenters. The predicted molar refractivity (Wildman–Crippen MR) is 94.1 cm³/mol. The number of rotatable bonds is 4. The second kappa shape index (κ2) is 7.74. The van der Waals surface area contributed by atoms with Gasteiger partial charge in [-0.3, -0.25) is 4.79 Å². The van der Waals surface area contributed by atoms with Crippen LogP contribution in [0.5, 0.6) is 0 Å². The minimum absolute atomic E-state index is 0.349. The van der Waals surface area contributed by atoms with Gasteiger partial charge < -0.3 is 10.2 Å². The van der Waals surface area contributed by atoms with E-state index in [0.29, 0.717) is 6.54 Å². The van der Waals surface area contributed by atoms with Crippen LogP contribution in [0.4, 0.5) is 18.9 Å². The monoisotopic (exact) mass is 361 g/mol. The van der Waals surface area contributed by atoms with Crippen molar-refractivity contribution in [2.45, 2.75) is 19.4 Å². The van der Waals surface area contributed by atoms with Gasteiger partial charge in [-0.1, -0.05) is 30.3 Å². The van der Waals surface area contributed by atoms with E-state index in [1.54, 1.807) is 6.92 Å². The number of nitrogens with one attached hydrogen (secondary N) is 2. The van der Waals surface area contributed by atoms with Crippen molar-refractivity contribution in [3.8, 4) is 0 Å². The van der Waals surface area contributed by atoms with Crippen LogP contribution in [0, 0.1) is 17.5 Å². The number of benzene rings is 2. The molecule has 1 aliphatic rings. The third-order valence-electron chi connectivity index (χ3n) is 4.77. The van der Waals surface area contributed by atoms with E-state index in [9.17, 15) is 18.0 Å². The fraction of sp³-hybridized carbons (Fsp3) is 0.250. The second-order valence-corrected chi connectivity index (χ2v) is 6.39. The van der Waals surface area contributed by atoms with Gasteiger partial charge in [0.1, 0.15) is 0 Å². The summed E-state index contributed by atoms with van der Waals surface area (Å²) in [6.07, 6.45) is 2.94. The number of halogens is 3. The minimum Gasteiger partial charge on any atom is -0.321 e. The molecule has 136 valence electrons. The molecule has 26 heavy (non-hydrogen) atoms. The molecule has 0 saturated carbocycles. The lowest BCUT2D eigenvalue weighted by molar-refractivity contribution is -0.909. The van der Waals surface area contributed by atoms with Crippen molar-refractivity contribution >= 4 is 17.2 Å². The molecule has 0 bridgehead atoms. The van der Waals surface area contributed by atoms with Crippen molar-refractivity contribution < 1.29 is 22.9 Å². The number of carbonyl (C=O) groups excluding carboxylic acids is 1. The highest BCUT2D eigenvalue weighted by Gasteiger charge is 2.28. The van der Waals surface area contributed by atoms with E-state index in [4.69, 9.17) is 0 Å². The average Bonchev–Trinajstić information content (AvgIpc) is 2.68. The summed E-state index contributed by atoms with van der Waals surface area (Å²) in [4.78, 5) is 13.4. The second-order valence-electron chi connectivity index (χ2n) is 6.39. The normalized spacial score (nSPS) is 18.2. The van der Waals surface area contributed by atoms with Crippen LogP contribution >= 0.6 is 0 Å². The van der Waals surface area contributed by atoms with Crippen molar-refractivity contribution in [1.29, 1.82) is 0 Å². The van der Waals surface area contributed by atoms with E-state index in [0.717, 1.165) is 30.0 Å². The van der Waals surface area contributed by atoms with Crippen LogP contribution in [0.1, 0.15) is 18.9 Å². The zero-order valence-corrected chi connectivity index (χ0v) is 14.4. The molecular formula is C20H20F3N2O+. The van der Waals surface area contributed by atoms with Crippen molar-refractivity contribution in [2.75, 3.05) is 18.4 Å². The minimum atomic E-state index is -1.59. The average molecular weight is 361 g/mol. The topological polar surface area (TPSA) is 33.5 Å². The van der Waals surface area contributed by atoms with Crippen LogP contribution in [0.25, 0.3) is 5.57 Å². The number of carbonyl (C=O) groups is 1. The highest BCUT2D eigenvalue weighted by molar-refractivity contribution is 5.93. The Morgan fingerprint density at radius 3 is 2.46 bits per heavy atom. The van der Waals surface area contributed by atoms with E-state index in [2.05, 4.69) is 23.5 Å². The molecule has 1 unspecified atom stereocenters. The first kappa shape index (κ1) is 18.2. The van der Waals surface area contributed by atoms with E-state index in [1.807, 2.05) is 18.2 Å². The zero-order chi connectivity index (χ0) is 18.7. The molecule has 3 rings (SSSR count). The number of hydrogen-bond acceptors (Lipinski definition) is 1. The summed E-state index contributed by atoms with van der Waals surface area (Å²) in [5, 5.41) is 2.36. The number of anilines is 1. The van der Waals surface area contributed by atoms with Gasteiger partial charge in [-0.15, -0.1) is 0 Å². The van der Waals surface area contributed by atoms with E-state index in [-0.39, 0.29) is 5.69 Å². The maximum atomic E-state index is 13.7. The summed E-state index contributed by atoms with van der Waals surface area (Å²) < 4.78 is 40.0. The molecule has 0 radical (unpaired) electrons. The van der Waals surface area contributed by atoms with Gasteiger partial charge in [-0.05, 0) is 36.3 Å². The van der Waals surface area contributed by atoms with Gasteiger partial charge in [-0.2, -0.15) is 0 Å². The molecule has 6 heteroatoms. The van der Waals surface area contributed by atoms with Gasteiger partial charge >= 0.3 is 0 Å². The first-order valence-electron chi connectivity index (χ1n) is 8.50. The number of amides is 1. The summed E-state index contributed by atoms with van der Waals surface area (Å²) in [6, 6.07) is 11.4. The summed E-state index contributed by atoms with van der Waals surface area (Å²) in [5.41, 5.74) is 2.07. The Kier molecular flexibility index (Phi) is 5.42. The largest absolute Gasteiger partial charge is 0.321 e. The fourth-order valence-corrected chi connectivity index (χ4v) is 3.11. The molecular weight excluding hydrogens is 341 g/mol. The Balaban J connectivity index is 1.65. The predicted octanol–water partition coefficient (Wildman–Crippen LogP) is 2.80. The van der Waals surface area contributed by atoms with Crippen molar-refractivity contribution in [3.63, 3.8) is 0 Å². The van der Waals surface area contributed by atoms with Crippen LogP contribution in [0.2, 0.25) is 0 Å². The van der Waals surface area contributed by atoms with Crippen molar-refractivity contribution in [3.05, 3.63) is 71.6 Å². The van der Waals surface area contributed by atoms with E-state index < -0.39 is 29.4 Å². The highest BCUT2D eigenvalue weighted by atomic mass is 19.2. The molecule has 0 aromatic heterocycles. The van der Waals surface area contributed by atoms with E-state index >= 15 is 0 Å². The standard InChI is InChI=1S/C20H19F3N2O/c1-13(20(26)24-17-8-7-16(21)18(22)19(17)23)25-11-9-15(10-12-25)14-5-3-2-4-6-14/h2-9,13H,10-12H2,1H3,(H,24,26)/p+1/t13-/m1/s1. The lowest BCUT2D eigenvalue weighted by Crippen LogP contribution is -3.17. The molecule has 0 fully saturated rings. The van der Waals surface area contributed by atoms with Crippen LogP contribution in [0.3, 0.4) is 0 Å². The Bertz CT molecular complexity index is 836. The van der Waals surface area contributed by atoms with Gasteiger partial charge in [0.25, 0.3) is 5.91 Å². The maximum Gasteiger partial charge on any atom is 0.282 e. The SMILES string of the molecule is C[C@H](C(=O)Nc1ccc(F)c(F)c1F)[NH+]1CC=C(c2ccccc2)CC1. The van der Waals surface area contributed by atoms with Gasteiger partial charge in [0.2, 0.25) is 0 Å².